The smallest absolute Gasteiger partial charge is 0.100 e. The van der Waals surface area contributed by atoms with Gasteiger partial charge in [-0.15, -0.1) is 5.10 Å². The highest BCUT2D eigenvalue weighted by atomic mass is 15.4. The van der Waals surface area contributed by atoms with Crippen LogP contribution in [-0.2, 0) is 13.0 Å². The van der Waals surface area contributed by atoms with Gasteiger partial charge in [-0.05, 0) is 25.2 Å². The van der Waals surface area contributed by atoms with Crippen LogP contribution in [0.2, 0.25) is 0 Å². The molecule has 1 aromatic heterocycles. The van der Waals surface area contributed by atoms with E-state index in [1.54, 1.807) is 0 Å². The van der Waals surface area contributed by atoms with Crippen molar-refractivity contribution in [3.8, 4) is 6.07 Å². The van der Waals surface area contributed by atoms with E-state index in [2.05, 4.69) is 30.2 Å². The molecule has 1 aromatic rings. The van der Waals surface area contributed by atoms with Crippen molar-refractivity contribution in [3.05, 3.63) is 11.4 Å². The minimum Gasteiger partial charge on any atom is -0.249 e. The first-order valence-corrected chi connectivity index (χ1v) is 6.51. The van der Waals surface area contributed by atoms with Gasteiger partial charge in [0.05, 0.1) is 18.2 Å². The maximum atomic E-state index is 8.82. The van der Waals surface area contributed by atoms with Crippen molar-refractivity contribution in [1.82, 2.24) is 15.0 Å². The predicted octanol–water partition coefficient (Wildman–Crippen LogP) is 2.66. The van der Waals surface area contributed by atoms with Gasteiger partial charge in [-0.2, -0.15) is 5.26 Å². The molecule has 0 atom stereocenters. The van der Waals surface area contributed by atoms with Crippen molar-refractivity contribution in [2.45, 2.75) is 58.4 Å². The van der Waals surface area contributed by atoms with Gasteiger partial charge in [0.15, 0.2) is 0 Å². The van der Waals surface area contributed by atoms with Crippen molar-refractivity contribution in [3.63, 3.8) is 0 Å². The standard InChI is InChI=1S/C13H20N4/c1-10(2)7-9-17-13(11-4-3-5-11)12(6-8-14)15-16-17/h10-11H,3-7,9H2,1-2H3. The van der Waals surface area contributed by atoms with Gasteiger partial charge < -0.3 is 0 Å². The molecule has 92 valence electrons. The molecule has 0 spiro atoms. The van der Waals surface area contributed by atoms with Gasteiger partial charge in [0.2, 0.25) is 0 Å². The van der Waals surface area contributed by atoms with Crippen LogP contribution in [0.15, 0.2) is 0 Å². The van der Waals surface area contributed by atoms with Crippen LogP contribution in [0, 0.1) is 17.2 Å². The molecule has 4 nitrogen and oxygen atoms in total. The van der Waals surface area contributed by atoms with E-state index < -0.39 is 0 Å². The minimum atomic E-state index is 0.396. The van der Waals surface area contributed by atoms with Crippen molar-refractivity contribution >= 4 is 0 Å². The van der Waals surface area contributed by atoms with Gasteiger partial charge in [-0.3, -0.25) is 0 Å². The summed E-state index contributed by atoms with van der Waals surface area (Å²) in [5.41, 5.74) is 2.14. The maximum Gasteiger partial charge on any atom is 0.100 e. The van der Waals surface area contributed by atoms with E-state index >= 15 is 0 Å². The van der Waals surface area contributed by atoms with Crippen LogP contribution >= 0.6 is 0 Å². The highest BCUT2D eigenvalue weighted by Crippen LogP contribution is 2.37. The average Bonchev–Trinajstić information content (AvgIpc) is 2.58. The summed E-state index contributed by atoms with van der Waals surface area (Å²) in [6.45, 7) is 5.37. The summed E-state index contributed by atoms with van der Waals surface area (Å²) in [5, 5.41) is 17.2. The Morgan fingerprint density at radius 2 is 2.24 bits per heavy atom. The normalized spacial score (nSPS) is 15.9. The van der Waals surface area contributed by atoms with Gasteiger partial charge in [0.25, 0.3) is 0 Å². The first-order chi connectivity index (χ1) is 8.22. The van der Waals surface area contributed by atoms with E-state index in [-0.39, 0.29) is 0 Å². The molecule has 1 aliphatic rings. The maximum absolute atomic E-state index is 8.82. The summed E-state index contributed by atoms with van der Waals surface area (Å²) in [5.74, 6) is 1.27. The Bertz CT molecular complexity index is 410. The van der Waals surface area contributed by atoms with Crippen LogP contribution in [-0.4, -0.2) is 15.0 Å². The van der Waals surface area contributed by atoms with Gasteiger partial charge in [-0.25, -0.2) is 4.68 Å². The molecule has 0 saturated heterocycles. The molecule has 1 aliphatic carbocycles. The van der Waals surface area contributed by atoms with Gasteiger partial charge in [0.1, 0.15) is 5.69 Å². The fraction of sp³-hybridized carbons (Fsp3) is 0.769. The topological polar surface area (TPSA) is 54.5 Å². The number of hydrogen-bond acceptors (Lipinski definition) is 3. The number of nitriles is 1. The summed E-state index contributed by atoms with van der Waals surface area (Å²) in [4.78, 5) is 0. The monoisotopic (exact) mass is 232 g/mol. The van der Waals surface area contributed by atoms with Crippen molar-refractivity contribution < 1.29 is 0 Å². The average molecular weight is 232 g/mol. The Kier molecular flexibility index (Phi) is 3.78. The van der Waals surface area contributed by atoms with E-state index in [1.807, 2.05) is 4.68 Å². The van der Waals surface area contributed by atoms with Crippen LogP contribution in [0.5, 0.6) is 0 Å². The Labute approximate surface area is 103 Å². The third-order valence-corrected chi connectivity index (χ3v) is 3.50. The van der Waals surface area contributed by atoms with Gasteiger partial charge >= 0.3 is 0 Å². The molecule has 0 radical (unpaired) electrons. The Morgan fingerprint density at radius 1 is 1.47 bits per heavy atom. The summed E-state index contributed by atoms with van der Waals surface area (Å²) < 4.78 is 2.04. The van der Waals surface area contributed by atoms with Crippen molar-refractivity contribution in [2.24, 2.45) is 5.92 Å². The quantitative estimate of drug-likeness (QED) is 0.784. The Morgan fingerprint density at radius 3 is 2.76 bits per heavy atom. The molecular formula is C13H20N4. The molecule has 17 heavy (non-hydrogen) atoms. The zero-order valence-electron chi connectivity index (χ0n) is 10.7. The highest BCUT2D eigenvalue weighted by molar-refractivity contribution is 5.20. The van der Waals surface area contributed by atoms with Crippen LogP contribution in [0.25, 0.3) is 0 Å². The molecule has 0 N–H and O–H groups in total. The van der Waals surface area contributed by atoms with Crippen LogP contribution in [0.3, 0.4) is 0 Å². The second kappa shape index (κ2) is 5.31. The zero-order valence-corrected chi connectivity index (χ0v) is 10.7. The lowest BCUT2D eigenvalue weighted by atomic mass is 9.81. The molecule has 1 fully saturated rings. The second-order valence-electron chi connectivity index (χ2n) is 5.29. The third-order valence-electron chi connectivity index (χ3n) is 3.50. The molecular weight excluding hydrogens is 212 g/mol. The van der Waals surface area contributed by atoms with Gasteiger partial charge in [0, 0.05) is 12.5 Å². The Hall–Kier alpha value is -1.37. The fourth-order valence-electron chi connectivity index (χ4n) is 2.23. The molecule has 0 unspecified atom stereocenters. The lowest BCUT2D eigenvalue weighted by molar-refractivity contribution is 0.375. The van der Waals surface area contributed by atoms with Crippen molar-refractivity contribution in [1.29, 1.82) is 5.26 Å². The van der Waals surface area contributed by atoms with Crippen molar-refractivity contribution in [2.75, 3.05) is 0 Å². The lowest BCUT2D eigenvalue weighted by Crippen LogP contribution is -2.17. The lowest BCUT2D eigenvalue weighted by Gasteiger charge is -2.26. The van der Waals surface area contributed by atoms with Crippen LogP contribution in [0.4, 0.5) is 0 Å². The van der Waals surface area contributed by atoms with Gasteiger partial charge in [-0.1, -0.05) is 25.5 Å². The Balaban J connectivity index is 2.16. The number of hydrogen-bond donors (Lipinski definition) is 0. The number of rotatable bonds is 5. The second-order valence-corrected chi connectivity index (χ2v) is 5.29. The SMILES string of the molecule is CC(C)CCn1nnc(CC#N)c1C1CCC1. The number of aromatic nitrogens is 3. The number of nitrogens with zero attached hydrogens (tertiary/aromatic N) is 4. The van der Waals surface area contributed by atoms with E-state index in [0.29, 0.717) is 18.3 Å². The molecule has 2 rings (SSSR count). The molecule has 4 heteroatoms. The molecule has 0 aliphatic heterocycles. The molecule has 1 heterocycles. The first-order valence-electron chi connectivity index (χ1n) is 6.51. The van der Waals surface area contributed by atoms with E-state index in [1.165, 1.54) is 25.0 Å². The van der Waals surface area contributed by atoms with E-state index in [9.17, 15) is 0 Å². The van der Waals surface area contributed by atoms with Crippen LogP contribution < -0.4 is 0 Å². The molecule has 0 aromatic carbocycles. The third kappa shape index (κ3) is 2.66. The minimum absolute atomic E-state index is 0.396. The predicted molar refractivity (Wildman–Crippen MR) is 65.4 cm³/mol. The molecule has 0 amide bonds. The highest BCUT2D eigenvalue weighted by Gasteiger charge is 2.27. The zero-order chi connectivity index (χ0) is 12.3. The molecule has 1 saturated carbocycles. The van der Waals surface area contributed by atoms with Crippen LogP contribution in [0.1, 0.15) is 56.8 Å². The van der Waals surface area contributed by atoms with E-state index in [0.717, 1.165) is 18.7 Å². The summed E-state index contributed by atoms with van der Waals surface area (Å²) in [6, 6.07) is 2.19. The first kappa shape index (κ1) is 12.1. The summed E-state index contributed by atoms with van der Waals surface area (Å²) >= 11 is 0. The molecule has 0 bridgehead atoms. The summed E-state index contributed by atoms with van der Waals surface area (Å²) in [7, 11) is 0. The largest absolute Gasteiger partial charge is 0.249 e. The summed E-state index contributed by atoms with van der Waals surface area (Å²) in [6.07, 6.45) is 5.27. The number of aryl methyl sites for hydroxylation is 1. The van der Waals surface area contributed by atoms with E-state index in [4.69, 9.17) is 5.26 Å². The fourth-order valence-corrected chi connectivity index (χ4v) is 2.23.